The van der Waals surface area contributed by atoms with Crippen LogP contribution in [0.3, 0.4) is 0 Å². The second-order valence-electron chi connectivity index (χ2n) is 14.9. The maximum atomic E-state index is 14.5. The molecule has 16 heteroatoms. The summed E-state index contributed by atoms with van der Waals surface area (Å²) in [6.07, 6.45) is 2.66. The van der Waals surface area contributed by atoms with Crippen molar-refractivity contribution < 1.29 is 66.5 Å². The molecule has 1 aliphatic heterocycles. The normalized spacial score (nSPS) is 14.5. The van der Waals surface area contributed by atoms with Crippen molar-refractivity contribution in [3.63, 3.8) is 0 Å². The van der Waals surface area contributed by atoms with Crippen molar-refractivity contribution in [2.24, 2.45) is 0 Å². The summed E-state index contributed by atoms with van der Waals surface area (Å²) in [7, 11) is 7.75. The van der Waals surface area contributed by atoms with Gasteiger partial charge in [0, 0.05) is 19.7 Å². The lowest BCUT2D eigenvalue weighted by Gasteiger charge is -2.37. The molecule has 0 saturated carbocycles. The fourth-order valence-electron chi connectivity index (χ4n) is 7.41. The quantitative estimate of drug-likeness (QED) is 0.0602. The minimum absolute atomic E-state index is 0.180. The van der Waals surface area contributed by atoms with Gasteiger partial charge in [0.05, 0.1) is 87.7 Å². The number of esters is 1. The minimum Gasteiger partial charge on any atom is -0.493 e. The predicted molar refractivity (Wildman–Crippen MR) is 239 cm³/mol. The third-order valence-electron chi connectivity index (χ3n) is 10.7. The number of hydrogen-bond acceptors (Lipinski definition) is 14. The number of ether oxygens (including phenoxy) is 11. The summed E-state index contributed by atoms with van der Waals surface area (Å²) in [6.45, 7) is 8.19. The first-order valence-corrected chi connectivity index (χ1v) is 22.0. The molecule has 1 fully saturated rings. The Balaban J connectivity index is 1.42. The number of amides is 2. The Kier molecular flexibility index (Phi) is 22.9. The van der Waals surface area contributed by atoms with Gasteiger partial charge in [-0.3, -0.25) is 9.59 Å². The summed E-state index contributed by atoms with van der Waals surface area (Å²) < 4.78 is 61.6. The highest BCUT2D eigenvalue weighted by Gasteiger charge is 2.38. The molecule has 1 heterocycles. The third kappa shape index (κ3) is 15.8. The highest BCUT2D eigenvalue weighted by molar-refractivity contribution is 5.89. The summed E-state index contributed by atoms with van der Waals surface area (Å²) in [5.74, 6) is 1.37. The topological polar surface area (TPSA) is 168 Å². The summed E-state index contributed by atoms with van der Waals surface area (Å²) in [5.41, 5.74) is 2.32. The van der Waals surface area contributed by atoms with Crippen LogP contribution in [-0.4, -0.2) is 137 Å². The number of nitrogens with one attached hydrogen (secondary N) is 1. The van der Waals surface area contributed by atoms with Crippen LogP contribution in [0.2, 0.25) is 0 Å². The monoisotopic (exact) mass is 896 g/mol. The van der Waals surface area contributed by atoms with Crippen molar-refractivity contribution in [2.45, 2.75) is 70.4 Å². The van der Waals surface area contributed by atoms with Gasteiger partial charge in [0.1, 0.15) is 17.9 Å². The van der Waals surface area contributed by atoms with Crippen molar-refractivity contribution in [1.82, 2.24) is 10.2 Å². The van der Waals surface area contributed by atoms with E-state index >= 15 is 0 Å². The van der Waals surface area contributed by atoms with Crippen molar-refractivity contribution in [2.75, 3.05) is 108 Å². The van der Waals surface area contributed by atoms with E-state index in [0.29, 0.717) is 137 Å². The van der Waals surface area contributed by atoms with E-state index < -0.39 is 24.0 Å². The molecule has 3 aromatic carbocycles. The van der Waals surface area contributed by atoms with Crippen molar-refractivity contribution >= 4 is 17.8 Å². The number of nitrogens with zero attached hydrogens (tertiary/aromatic N) is 1. The van der Waals surface area contributed by atoms with Crippen LogP contribution in [0.25, 0.3) is 0 Å². The minimum atomic E-state index is -0.795. The number of methoxy groups -OCH3 is 5. The summed E-state index contributed by atoms with van der Waals surface area (Å²) in [5, 5.41) is 2.80. The molecule has 1 aliphatic rings. The van der Waals surface area contributed by atoms with Gasteiger partial charge in [-0.2, -0.15) is 0 Å². The molecule has 0 unspecified atom stereocenters. The molecule has 16 nitrogen and oxygen atoms in total. The molecular weight excluding hydrogens is 829 g/mol. The average molecular weight is 897 g/mol. The van der Waals surface area contributed by atoms with E-state index in [1.807, 2.05) is 38.1 Å². The highest BCUT2D eigenvalue weighted by Crippen LogP contribution is 2.41. The molecule has 64 heavy (non-hydrogen) atoms. The molecular formula is C48H68N2O14. The predicted octanol–water partition coefficient (Wildman–Crippen LogP) is 6.10. The smallest absolute Gasteiger partial charge is 0.329 e. The van der Waals surface area contributed by atoms with Crippen LogP contribution in [0.4, 0.5) is 0 Å². The lowest BCUT2D eigenvalue weighted by atomic mass is 9.91. The summed E-state index contributed by atoms with van der Waals surface area (Å²) in [4.78, 5) is 43.2. The van der Waals surface area contributed by atoms with Crippen LogP contribution < -0.4 is 33.7 Å². The number of carbonyl (C=O) groups excluding carboxylic acids is 3. The Bertz CT molecular complexity index is 1850. The number of hydrogen-bond donors (Lipinski definition) is 1. The SMILES string of the molecule is CCOCCOCCOCCOCCNC(=O)COc1cccc([C@@H](CCc2ccc(OC)c(OC)c2)OC(=O)[C@@H]2CCCCN2C(=O)[C@@H](CC)c2cc(OC)c(OC)c(OC)c2)c1. The zero-order valence-electron chi connectivity index (χ0n) is 38.6. The fourth-order valence-corrected chi connectivity index (χ4v) is 7.41. The Hall–Kier alpha value is -5.29. The largest absolute Gasteiger partial charge is 0.493 e. The lowest BCUT2D eigenvalue weighted by molar-refractivity contribution is -0.162. The van der Waals surface area contributed by atoms with Crippen LogP contribution >= 0.6 is 0 Å². The summed E-state index contributed by atoms with van der Waals surface area (Å²) >= 11 is 0. The molecule has 0 bridgehead atoms. The standard InChI is InChI=1S/C48H68N2O14/c1-8-38(36-31-43(56-5)46(58-7)44(32-36)57-6)47(52)50-21-11-10-15-39(50)48(53)64-40(18-16-34-17-19-41(54-3)42(29-34)55-4)35-13-12-14-37(30-35)63-33-45(51)49-20-22-60-25-26-62-28-27-61-24-23-59-9-2/h12-14,17,19,29-32,38-40H,8-11,15-16,18,20-28,33H2,1-7H3,(H,49,51)/t38-,39-,40+/m0/s1. The number of benzene rings is 3. The van der Waals surface area contributed by atoms with Gasteiger partial charge in [0.15, 0.2) is 29.6 Å². The number of carbonyl (C=O) groups is 3. The molecule has 0 spiro atoms. The van der Waals surface area contributed by atoms with E-state index in [2.05, 4.69) is 5.32 Å². The van der Waals surface area contributed by atoms with Gasteiger partial charge in [-0.1, -0.05) is 25.1 Å². The van der Waals surface area contributed by atoms with Crippen LogP contribution in [0, 0.1) is 0 Å². The van der Waals surface area contributed by atoms with Gasteiger partial charge >= 0.3 is 5.97 Å². The first-order chi connectivity index (χ1) is 31.2. The zero-order chi connectivity index (χ0) is 46.1. The van der Waals surface area contributed by atoms with E-state index in [1.54, 1.807) is 49.5 Å². The van der Waals surface area contributed by atoms with Gasteiger partial charge in [0.2, 0.25) is 11.7 Å². The lowest BCUT2D eigenvalue weighted by Crippen LogP contribution is -2.50. The zero-order valence-corrected chi connectivity index (χ0v) is 38.6. The maximum absolute atomic E-state index is 14.5. The molecule has 354 valence electrons. The van der Waals surface area contributed by atoms with Crippen molar-refractivity contribution in [1.29, 1.82) is 0 Å². The van der Waals surface area contributed by atoms with E-state index in [9.17, 15) is 14.4 Å². The van der Waals surface area contributed by atoms with Crippen molar-refractivity contribution in [3.8, 4) is 34.5 Å². The Morgan fingerprint density at radius 2 is 1.36 bits per heavy atom. The number of likely N-dealkylation sites (tertiary alicyclic amines) is 1. The van der Waals surface area contributed by atoms with E-state index in [4.69, 9.17) is 52.1 Å². The van der Waals surface area contributed by atoms with E-state index in [1.165, 1.54) is 21.3 Å². The first kappa shape index (κ1) is 51.3. The maximum Gasteiger partial charge on any atom is 0.329 e. The molecule has 2 amide bonds. The van der Waals surface area contributed by atoms with Gasteiger partial charge in [-0.25, -0.2) is 4.79 Å². The molecule has 0 radical (unpaired) electrons. The van der Waals surface area contributed by atoms with Gasteiger partial charge in [-0.15, -0.1) is 0 Å². The molecule has 0 aliphatic carbocycles. The van der Waals surface area contributed by atoms with Crippen LogP contribution in [0.15, 0.2) is 54.6 Å². The van der Waals surface area contributed by atoms with Crippen LogP contribution in [0.1, 0.15) is 74.7 Å². The van der Waals surface area contributed by atoms with Crippen LogP contribution in [-0.2, 0) is 44.5 Å². The highest BCUT2D eigenvalue weighted by atomic mass is 16.6. The molecule has 1 N–H and O–H groups in total. The van der Waals surface area contributed by atoms with Gasteiger partial charge in [0.25, 0.3) is 5.91 Å². The molecule has 3 aromatic rings. The van der Waals surface area contributed by atoms with E-state index in [-0.39, 0.29) is 18.4 Å². The average Bonchev–Trinajstić information content (AvgIpc) is 3.33. The number of piperidine rings is 1. The first-order valence-electron chi connectivity index (χ1n) is 22.0. The Morgan fingerprint density at radius 3 is 1.98 bits per heavy atom. The molecule has 0 aromatic heterocycles. The molecule has 1 saturated heterocycles. The molecule has 3 atom stereocenters. The van der Waals surface area contributed by atoms with Gasteiger partial charge < -0.3 is 62.3 Å². The number of aryl methyl sites for hydroxylation is 1. The molecule has 4 rings (SSSR count). The summed E-state index contributed by atoms with van der Waals surface area (Å²) in [6, 6.07) is 15.6. The second kappa shape index (κ2) is 28.5. The Morgan fingerprint density at radius 1 is 0.703 bits per heavy atom. The second-order valence-corrected chi connectivity index (χ2v) is 14.9. The fraction of sp³-hybridized carbons (Fsp3) is 0.562. The van der Waals surface area contributed by atoms with Crippen molar-refractivity contribution in [3.05, 3.63) is 71.3 Å². The number of rotatable bonds is 30. The van der Waals surface area contributed by atoms with E-state index in [0.717, 1.165) is 18.4 Å². The third-order valence-corrected chi connectivity index (χ3v) is 10.7. The van der Waals surface area contributed by atoms with Crippen LogP contribution in [0.5, 0.6) is 34.5 Å². The van der Waals surface area contributed by atoms with Gasteiger partial charge in [-0.05, 0) is 98.5 Å². The Labute approximate surface area is 378 Å².